The van der Waals surface area contributed by atoms with Crippen molar-refractivity contribution in [2.45, 2.75) is 39.3 Å². The Balaban J connectivity index is 1.73. The second kappa shape index (κ2) is 5.60. The standard InChI is InChI=1S/C15H17BrN4O/c1-9-5-10(2)14(16)12(6-9)15(21)17-7-13-19-18-8-20(13)11-3-4-11/h5-6,8,11H,3-4,7H2,1-2H3,(H,17,21). The predicted molar refractivity (Wildman–Crippen MR) is 83.1 cm³/mol. The van der Waals surface area contributed by atoms with Crippen molar-refractivity contribution in [2.24, 2.45) is 0 Å². The van der Waals surface area contributed by atoms with Crippen LogP contribution in [0.5, 0.6) is 0 Å². The van der Waals surface area contributed by atoms with Gasteiger partial charge in [0, 0.05) is 10.5 Å². The number of hydrogen-bond acceptors (Lipinski definition) is 3. The maximum atomic E-state index is 12.4. The first-order chi connectivity index (χ1) is 10.1. The van der Waals surface area contributed by atoms with E-state index >= 15 is 0 Å². The highest BCUT2D eigenvalue weighted by atomic mass is 79.9. The summed E-state index contributed by atoms with van der Waals surface area (Å²) in [6, 6.07) is 4.45. The van der Waals surface area contributed by atoms with Crippen LogP contribution >= 0.6 is 15.9 Å². The molecule has 6 heteroatoms. The summed E-state index contributed by atoms with van der Waals surface area (Å²) in [5.41, 5.74) is 2.79. The smallest absolute Gasteiger partial charge is 0.252 e. The van der Waals surface area contributed by atoms with Gasteiger partial charge in [-0.2, -0.15) is 0 Å². The van der Waals surface area contributed by atoms with Gasteiger partial charge in [-0.3, -0.25) is 4.79 Å². The van der Waals surface area contributed by atoms with Crippen molar-refractivity contribution >= 4 is 21.8 Å². The zero-order valence-corrected chi connectivity index (χ0v) is 13.6. The quantitative estimate of drug-likeness (QED) is 0.923. The van der Waals surface area contributed by atoms with Crippen LogP contribution in [0.4, 0.5) is 0 Å². The van der Waals surface area contributed by atoms with Crippen LogP contribution in [0.2, 0.25) is 0 Å². The molecule has 1 amide bonds. The number of benzene rings is 1. The molecular formula is C15H17BrN4O. The Morgan fingerprint density at radius 3 is 2.90 bits per heavy atom. The third kappa shape index (κ3) is 3.00. The van der Waals surface area contributed by atoms with Gasteiger partial charge in [0.05, 0.1) is 12.1 Å². The Bertz CT molecular complexity index is 691. The van der Waals surface area contributed by atoms with Gasteiger partial charge in [-0.25, -0.2) is 0 Å². The van der Waals surface area contributed by atoms with Gasteiger partial charge in [0.25, 0.3) is 5.91 Å². The van der Waals surface area contributed by atoms with Crippen LogP contribution in [0, 0.1) is 13.8 Å². The van der Waals surface area contributed by atoms with Crippen molar-refractivity contribution in [3.05, 3.63) is 45.4 Å². The molecule has 0 radical (unpaired) electrons. The highest BCUT2D eigenvalue weighted by Gasteiger charge is 2.26. The molecule has 1 aromatic heterocycles. The lowest BCUT2D eigenvalue weighted by molar-refractivity contribution is 0.0948. The third-order valence-corrected chi connectivity index (χ3v) is 4.69. The Morgan fingerprint density at radius 2 is 2.19 bits per heavy atom. The molecule has 0 saturated heterocycles. The molecule has 2 aromatic rings. The maximum absolute atomic E-state index is 12.4. The van der Waals surface area contributed by atoms with Crippen molar-refractivity contribution in [3.63, 3.8) is 0 Å². The van der Waals surface area contributed by atoms with Crippen molar-refractivity contribution in [1.82, 2.24) is 20.1 Å². The molecule has 110 valence electrons. The molecular weight excluding hydrogens is 332 g/mol. The molecule has 1 aliphatic rings. The lowest BCUT2D eigenvalue weighted by Crippen LogP contribution is -2.25. The molecule has 1 aromatic carbocycles. The number of aromatic nitrogens is 3. The molecule has 1 aliphatic carbocycles. The molecule has 0 unspecified atom stereocenters. The number of rotatable bonds is 4. The monoisotopic (exact) mass is 348 g/mol. The lowest BCUT2D eigenvalue weighted by Gasteiger charge is -2.10. The van der Waals surface area contributed by atoms with Gasteiger partial charge in [-0.15, -0.1) is 10.2 Å². The number of amides is 1. The summed E-state index contributed by atoms with van der Waals surface area (Å²) in [5, 5.41) is 10.9. The van der Waals surface area contributed by atoms with Gasteiger partial charge in [-0.05, 0) is 59.8 Å². The summed E-state index contributed by atoms with van der Waals surface area (Å²) >= 11 is 3.49. The zero-order valence-electron chi connectivity index (χ0n) is 12.1. The summed E-state index contributed by atoms with van der Waals surface area (Å²) in [4.78, 5) is 12.4. The second-order valence-corrected chi connectivity index (χ2v) is 6.30. The van der Waals surface area contributed by atoms with Gasteiger partial charge >= 0.3 is 0 Å². The van der Waals surface area contributed by atoms with E-state index in [0.717, 1.165) is 21.4 Å². The molecule has 0 bridgehead atoms. The highest BCUT2D eigenvalue weighted by molar-refractivity contribution is 9.10. The molecule has 0 aliphatic heterocycles. The van der Waals surface area contributed by atoms with Gasteiger partial charge in [0.2, 0.25) is 0 Å². The first-order valence-corrected chi connectivity index (χ1v) is 7.79. The lowest BCUT2D eigenvalue weighted by atomic mass is 10.1. The van der Waals surface area contributed by atoms with Crippen LogP contribution in [0.15, 0.2) is 22.9 Å². The van der Waals surface area contributed by atoms with E-state index in [1.165, 1.54) is 12.8 Å². The van der Waals surface area contributed by atoms with E-state index < -0.39 is 0 Å². The average molecular weight is 349 g/mol. The van der Waals surface area contributed by atoms with Crippen LogP contribution in [0.25, 0.3) is 0 Å². The van der Waals surface area contributed by atoms with E-state index in [1.54, 1.807) is 6.33 Å². The maximum Gasteiger partial charge on any atom is 0.252 e. The highest BCUT2D eigenvalue weighted by Crippen LogP contribution is 2.35. The molecule has 0 spiro atoms. The van der Waals surface area contributed by atoms with Crippen LogP contribution in [0.1, 0.15) is 46.2 Å². The number of nitrogens with one attached hydrogen (secondary N) is 1. The fraction of sp³-hybridized carbons (Fsp3) is 0.400. The Morgan fingerprint density at radius 1 is 1.43 bits per heavy atom. The number of carbonyl (C=O) groups excluding carboxylic acids is 1. The normalized spacial score (nSPS) is 14.2. The number of halogens is 1. The minimum atomic E-state index is -0.0981. The summed E-state index contributed by atoms with van der Waals surface area (Å²) in [6.45, 7) is 4.37. The Kier molecular flexibility index (Phi) is 3.80. The zero-order chi connectivity index (χ0) is 15.0. The minimum absolute atomic E-state index is 0.0981. The fourth-order valence-electron chi connectivity index (χ4n) is 2.42. The first-order valence-electron chi connectivity index (χ1n) is 6.99. The van der Waals surface area contributed by atoms with Crippen molar-refractivity contribution < 1.29 is 4.79 Å². The molecule has 1 saturated carbocycles. The second-order valence-electron chi connectivity index (χ2n) is 5.51. The van der Waals surface area contributed by atoms with Gasteiger partial charge in [0.15, 0.2) is 5.82 Å². The van der Waals surface area contributed by atoms with E-state index in [2.05, 4.69) is 36.0 Å². The Hall–Kier alpha value is -1.69. The predicted octanol–water partition coefficient (Wildman–Crippen LogP) is 2.92. The summed E-state index contributed by atoms with van der Waals surface area (Å²) < 4.78 is 2.89. The van der Waals surface area contributed by atoms with E-state index in [-0.39, 0.29) is 5.91 Å². The number of nitrogens with zero attached hydrogens (tertiary/aromatic N) is 3. The van der Waals surface area contributed by atoms with Gasteiger partial charge in [0.1, 0.15) is 6.33 Å². The van der Waals surface area contributed by atoms with Crippen LogP contribution in [-0.2, 0) is 6.54 Å². The number of aryl methyl sites for hydroxylation is 2. The summed E-state index contributed by atoms with van der Waals surface area (Å²) in [6.07, 6.45) is 4.08. The number of carbonyl (C=O) groups is 1. The fourth-order valence-corrected chi connectivity index (χ4v) is 2.83. The van der Waals surface area contributed by atoms with E-state index in [1.807, 2.05) is 26.0 Å². The van der Waals surface area contributed by atoms with E-state index in [9.17, 15) is 4.79 Å². The Labute approximate surface area is 131 Å². The minimum Gasteiger partial charge on any atom is -0.345 e. The molecule has 21 heavy (non-hydrogen) atoms. The average Bonchev–Trinajstić information content (AvgIpc) is 3.19. The SMILES string of the molecule is Cc1cc(C)c(Br)c(C(=O)NCc2nncn2C2CC2)c1. The first kappa shape index (κ1) is 14.3. The van der Waals surface area contributed by atoms with Crippen LogP contribution < -0.4 is 5.32 Å². The van der Waals surface area contributed by atoms with Crippen LogP contribution in [0.3, 0.4) is 0 Å². The third-order valence-electron chi connectivity index (χ3n) is 3.64. The van der Waals surface area contributed by atoms with Gasteiger partial charge < -0.3 is 9.88 Å². The largest absolute Gasteiger partial charge is 0.345 e. The molecule has 1 fully saturated rings. The summed E-state index contributed by atoms with van der Waals surface area (Å²) in [5.74, 6) is 0.713. The van der Waals surface area contributed by atoms with E-state index in [4.69, 9.17) is 0 Å². The van der Waals surface area contributed by atoms with Crippen LogP contribution in [-0.4, -0.2) is 20.7 Å². The summed E-state index contributed by atoms with van der Waals surface area (Å²) in [7, 11) is 0. The molecule has 1 N–H and O–H groups in total. The van der Waals surface area contributed by atoms with Crippen molar-refractivity contribution in [2.75, 3.05) is 0 Å². The number of hydrogen-bond donors (Lipinski definition) is 1. The molecule has 0 atom stereocenters. The van der Waals surface area contributed by atoms with Crippen molar-refractivity contribution in [1.29, 1.82) is 0 Å². The molecule has 3 rings (SSSR count). The molecule has 1 heterocycles. The van der Waals surface area contributed by atoms with Gasteiger partial charge in [-0.1, -0.05) is 6.07 Å². The van der Waals surface area contributed by atoms with Crippen molar-refractivity contribution in [3.8, 4) is 0 Å². The topological polar surface area (TPSA) is 59.8 Å². The van der Waals surface area contributed by atoms with E-state index in [0.29, 0.717) is 18.2 Å². The molecule has 5 nitrogen and oxygen atoms in total.